The standard InChI is InChI=1S/C20H29N5OS2/c1-15(2)12-21-19-22-23-20(28-19)27-14-18(26)25-10-8-24(9-11-25)13-17-7-5-4-6-16(17)3/h4-7,15H,8-14H2,1-3H3,(H,21,22). The molecule has 3 rings (SSSR count). The molecule has 0 unspecified atom stereocenters. The molecule has 2 heterocycles. The monoisotopic (exact) mass is 419 g/mol. The van der Waals surface area contributed by atoms with Gasteiger partial charge in [0.05, 0.1) is 5.75 Å². The van der Waals surface area contributed by atoms with E-state index in [2.05, 4.69) is 65.5 Å². The fourth-order valence-corrected chi connectivity index (χ4v) is 4.69. The van der Waals surface area contributed by atoms with Gasteiger partial charge in [-0.15, -0.1) is 10.2 Å². The van der Waals surface area contributed by atoms with Crippen LogP contribution in [0.5, 0.6) is 0 Å². The molecule has 0 spiro atoms. The number of thioether (sulfide) groups is 1. The van der Waals surface area contributed by atoms with E-state index in [1.165, 1.54) is 34.2 Å². The van der Waals surface area contributed by atoms with Gasteiger partial charge in [-0.1, -0.05) is 61.2 Å². The van der Waals surface area contributed by atoms with Crippen LogP contribution in [0.2, 0.25) is 0 Å². The first-order valence-electron chi connectivity index (χ1n) is 9.76. The lowest BCUT2D eigenvalue weighted by molar-refractivity contribution is -0.130. The molecule has 28 heavy (non-hydrogen) atoms. The molecule has 6 nitrogen and oxygen atoms in total. The van der Waals surface area contributed by atoms with Gasteiger partial charge in [0.1, 0.15) is 0 Å². The molecule has 2 aromatic rings. The SMILES string of the molecule is Cc1ccccc1CN1CCN(C(=O)CSc2nnc(NCC(C)C)s2)CC1. The predicted octanol–water partition coefficient (Wildman–Crippen LogP) is 3.35. The minimum Gasteiger partial charge on any atom is -0.360 e. The number of hydrogen-bond acceptors (Lipinski definition) is 7. The quantitative estimate of drug-likeness (QED) is 0.662. The average Bonchev–Trinajstić information content (AvgIpc) is 3.15. The van der Waals surface area contributed by atoms with Gasteiger partial charge in [-0.2, -0.15) is 0 Å². The van der Waals surface area contributed by atoms with Crippen LogP contribution in [0.15, 0.2) is 28.6 Å². The van der Waals surface area contributed by atoms with Crippen LogP contribution in [-0.2, 0) is 11.3 Å². The van der Waals surface area contributed by atoms with E-state index in [9.17, 15) is 4.79 Å². The van der Waals surface area contributed by atoms with Gasteiger partial charge in [0, 0.05) is 39.3 Å². The Morgan fingerprint density at radius 1 is 1.21 bits per heavy atom. The van der Waals surface area contributed by atoms with Crippen molar-refractivity contribution in [3.05, 3.63) is 35.4 Å². The summed E-state index contributed by atoms with van der Waals surface area (Å²) in [5.74, 6) is 1.18. The van der Waals surface area contributed by atoms with E-state index in [-0.39, 0.29) is 5.91 Å². The van der Waals surface area contributed by atoms with Crippen LogP contribution >= 0.6 is 23.1 Å². The Labute approximate surface area is 175 Å². The Balaban J connectivity index is 1.40. The normalized spacial score (nSPS) is 15.2. The molecular weight excluding hydrogens is 390 g/mol. The van der Waals surface area contributed by atoms with Gasteiger partial charge in [0.15, 0.2) is 4.34 Å². The zero-order valence-corrected chi connectivity index (χ0v) is 18.5. The molecule has 0 bridgehead atoms. The van der Waals surface area contributed by atoms with Crippen LogP contribution in [0.25, 0.3) is 0 Å². The van der Waals surface area contributed by atoms with Crippen molar-refractivity contribution in [2.45, 2.75) is 31.7 Å². The summed E-state index contributed by atoms with van der Waals surface area (Å²) in [6.07, 6.45) is 0. The molecule has 1 fully saturated rings. The number of aryl methyl sites for hydroxylation is 1. The zero-order chi connectivity index (χ0) is 19.9. The molecule has 1 aromatic carbocycles. The fourth-order valence-electron chi connectivity index (χ4n) is 3.03. The van der Waals surface area contributed by atoms with E-state index in [1.807, 2.05) is 4.90 Å². The summed E-state index contributed by atoms with van der Waals surface area (Å²) in [6.45, 7) is 11.7. The highest BCUT2D eigenvalue weighted by Crippen LogP contribution is 2.26. The van der Waals surface area contributed by atoms with Crippen LogP contribution in [-0.4, -0.2) is 64.4 Å². The van der Waals surface area contributed by atoms with E-state index < -0.39 is 0 Å². The van der Waals surface area contributed by atoms with Crippen molar-refractivity contribution in [1.82, 2.24) is 20.0 Å². The van der Waals surface area contributed by atoms with E-state index in [1.54, 1.807) is 0 Å². The maximum Gasteiger partial charge on any atom is 0.233 e. The van der Waals surface area contributed by atoms with Gasteiger partial charge in [-0.05, 0) is 24.0 Å². The van der Waals surface area contributed by atoms with Crippen LogP contribution in [0.3, 0.4) is 0 Å². The molecule has 0 atom stereocenters. The molecule has 0 radical (unpaired) electrons. The maximum absolute atomic E-state index is 12.5. The minimum absolute atomic E-state index is 0.187. The highest BCUT2D eigenvalue weighted by atomic mass is 32.2. The van der Waals surface area contributed by atoms with E-state index in [4.69, 9.17) is 0 Å². The van der Waals surface area contributed by atoms with E-state index >= 15 is 0 Å². The third-order valence-electron chi connectivity index (χ3n) is 4.77. The molecule has 0 aliphatic carbocycles. The number of rotatable bonds is 8. The summed E-state index contributed by atoms with van der Waals surface area (Å²) in [6, 6.07) is 8.52. The van der Waals surface area contributed by atoms with Crippen molar-refractivity contribution in [3.63, 3.8) is 0 Å². The van der Waals surface area contributed by atoms with Crippen LogP contribution < -0.4 is 5.32 Å². The summed E-state index contributed by atoms with van der Waals surface area (Å²) in [5, 5.41) is 12.4. The van der Waals surface area contributed by atoms with Gasteiger partial charge in [0.25, 0.3) is 0 Å². The first-order valence-corrected chi connectivity index (χ1v) is 11.6. The fraction of sp³-hybridized carbons (Fsp3) is 0.550. The van der Waals surface area contributed by atoms with Crippen molar-refractivity contribution in [2.75, 3.05) is 43.8 Å². The smallest absolute Gasteiger partial charge is 0.233 e. The van der Waals surface area contributed by atoms with Gasteiger partial charge in [-0.25, -0.2) is 0 Å². The molecule has 152 valence electrons. The first kappa shape index (κ1) is 21.1. The number of nitrogens with one attached hydrogen (secondary N) is 1. The van der Waals surface area contributed by atoms with Crippen LogP contribution in [0.1, 0.15) is 25.0 Å². The largest absolute Gasteiger partial charge is 0.360 e. The van der Waals surface area contributed by atoms with Crippen LogP contribution in [0.4, 0.5) is 5.13 Å². The number of carbonyl (C=O) groups excluding carboxylic acids is 1. The number of benzene rings is 1. The minimum atomic E-state index is 0.187. The lowest BCUT2D eigenvalue weighted by Gasteiger charge is -2.35. The van der Waals surface area contributed by atoms with Crippen LogP contribution in [0, 0.1) is 12.8 Å². The van der Waals surface area contributed by atoms with Gasteiger partial charge in [-0.3, -0.25) is 9.69 Å². The second kappa shape index (κ2) is 10.2. The van der Waals surface area contributed by atoms with Gasteiger partial charge < -0.3 is 10.2 Å². The summed E-state index contributed by atoms with van der Waals surface area (Å²) in [7, 11) is 0. The molecule has 0 saturated carbocycles. The molecule has 1 aliphatic rings. The Kier molecular flexibility index (Phi) is 7.70. The zero-order valence-electron chi connectivity index (χ0n) is 16.9. The topological polar surface area (TPSA) is 61.4 Å². The number of amides is 1. The van der Waals surface area contributed by atoms with Crippen molar-refractivity contribution >= 4 is 34.1 Å². The second-order valence-electron chi connectivity index (χ2n) is 7.52. The lowest BCUT2D eigenvalue weighted by atomic mass is 10.1. The number of anilines is 1. The molecule has 1 saturated heterocycles. The molecule has 1 amide bonds. The number of carbonyl (C=O) groups is 1. The molecule has 1 aliphatic heterocycles. The highest BCUT2D eigenvalue weighted by molar-refractivity contribution is 8.01. The molecule has 1 aromatic heterocycles. The summed E-state index contributed by atoms with van der Waals surface area (Å²) in [5.41, 5.74) is 2.70. The Morgan fingerprint density at radius 2 is 1.96 bits per heavy atom. The average molecular weight is 420 g/mol. The van der Waals surface area contributed by atoms with Crippen molar-refractivity contribution in [3.8, 4) is 0 Å². The molecular formula is C20H29N5OS2. The van der Waals surface area contributed by atoms with Crippen molar-refractivity contribution in [2.24, 2.45) is 5.92 Å². The van der Waals surface area contributed by atoms with Crippen molar-refractivity contribution < 1.29 is 4.79 Å². The van der Waals surface area contributed by atoms with E-state index in [0.717, 1.165) is 48.7 Å². The second-order valence-corrected chi connectivity index (χ2v) is 9.72. The Hall–Kier alpha value is -1.64. The predicted molar refractivity (Wildman–Crippen MR) is 117 cm³/mol. The Bertz CT molecular complexity index is 771. The van der Waals surface area contributed by atoms with Crippen molar-refractivity contribution in [1.29, 1.82) is 0 Å². The number of nitrogens with zero attached hydrogens (tertiary/aromatic N) is 4. The number of aromatic nitrogens is 2. The summed E-state index contributed by atoms with van der Waals surface area (Å²) in [4.78, 5) is 16.9. The lowest BCUT2D eigenvalue weighted by Crippen LogP contribution is -2.48. The summed E-state index contributed by atoms with van der Waals surface area (Å²) < 4.78 is 0.845. The Morgan fingerprint density at radius 3 is 2.68 bits per heavy atom. The number of piperazine rings is 1. The molecule has 1 N–H and O–H groups in total. The highest BCUT2D eigenvalue weighted by Gasteiger charge is 2.22. The number of hydrogen-bond donors (Lipinski definition) is 1. The third-order valence-corrected chi connectivity index (χ3v) is 6.77. The molecule has 8 heteroatoms. The first-order chi connectivity index (χ1) is 13.5. The van der Waals surface area contributed by atoms with E-state index in [0.29, 0.717) is 11.7 Å². The van der Waals surface area contributed by atoms with Gasteiger partial charge >= 0.3 is 0 Å². The van der Waals surface area contributed by atoms with Gasteiger partial charge in [0.2, 0.25) is 11.0 Å². The third kappa shape index (κ3) is 6.18. The summed E-state index contributed by atoms with van der Waals surface area (Å²) >= 11 is 3.00. The maximum atomic E-state index is 12.5.